The van der Waals surface area contributed by atoms with Crippen molar-refractivity contribution in [2.45, 2.75) is 0 Å². The molecule has 0 aliphatic heterocycles. The van der Waals surface area contributed by atoms with Gasteiger partial charge in [0.15, 0.2) is 0 Å². The average molecular weight is 216 g/mol. The number of benzene rings is 1. The molecule has 0 saturated heterocycles. The minimum atomic E-state index is -1.03. The number of carbonyl (C=O) groups is 1. The lowest BCUT2D eigenvalue weighted by Gasteiger charge is -2.08. The van der Waals surface area contributed by atoms with Crippen LogP contribution in [0.1, 0.15) is 0 Å². The molecule has 0 saturated carbocycles. The Labute approximate surface area is 72.6 Å². The highest BCUT2D eigenvalue weighted by Gasteiger charge is 2.08. The smallest absolute Gasteiger partial charge is 0.422 e. The van der Waals surface area contributed by atoms with Crippen LogP contribution in [0.3, 0.4) is 0 Å². The predicted octanol–water partition coefficient (Wildman–Crippen LogP) is 2.48. The summed E-state index contributed by atoms with van der Waals surface area (Å²) >= 11 is 2.88. The van der Waals surface area contributed by atoms with Gasteiger partial charge in [0, 0.05) is 0 Å². The first-order valence-electron chi connectivity index (χ1n) is 2.95. The number of rotatable bonds is 1. The molecule has 0 aliphatic rings. The van der Waals surface area contributed by atoms with Crippen molar-refractivity contribution in [1.29, 1.82) is 0 Å². The van der Waals surface area contributed by atoms with Gasteiger partial charge in [0.2, 0.25) is 0 Å². The van der Waals surface area contributed by atoms with E-state index in [1.807, 2.05) is 6.07 Å². The lowest BCUT2D eigenvalue weighted by Crippen LogP contribution is -2.16. The van der Waals surface area contributed by atoms with Gasteiger partial charge in [-0.25, -0.2) is 8.72 Å². The lowest BCUT2D eigenvalue weighted by molar-refractivity contribution is 0.207. The largest absolute Gasteiger partial charge is 0.464 e. The molecule has 0 unspecified atom stereocenters. The summed E-state index contributed by atoms with van der Waals surface area (Å²) in [6.07, 6.45) is -1.03. The van der Waals surface area contributed by atoms with Gasteiger partial charge in [-0.1, -0.05) is 18.2 Å². The van der Waals surface area contributed by atoms with E-state index in [-0.39, 0.29) is 0 Å². The second-order valence-electron chi connectivity index (χ2n) is 1.90. The Kier molecular flexibility index (Phi) is 2.48. The van der Waals surface area contributed by atoms with Gasteiger partial charge in [0.05, 0.1) is 21.8 Å². The number of carboxylic acid groups (broad SMARTS) is 1. The zero-order valence-electron chi connectivity index (χ0n) is 5.57. The second kappa shape index (κ2) is 3.39. The zero-order chi connectivity index (χ0) is 8.27. The quantitative estimate of drug-likeness (QED) is 0.732. The van der Waals surface area contributed by atoms with Gasteiger partial charge >= 0.3 is 6.09 Å². The number of halogens is 1. The summed E-state index contributed by atoms with van der Waals surface area (Å²) in [7, 11) is 0. The van der Waals surface area contributed by atoms with E-state index in [2.05, 4.69) is 16.1 Å². The molecule has 0 aromatic heterocycles. The van der Waals surface area contributed by atoms with Crippen LogP contribution < -0.4 is 3.93 Å². The van der Waals surface area contributed by atoms with E-state index in [4.69, 9.17) is 5.11 Å². The van der Waals surface area contributed by atoms with E-state index in [0.717, 1.165) is 3.93 Å². The molecule has 1 rings (SSSR count). The topological polar surface area (TPSA) is 40.5 Å². The van der Waals surface area contributed by atoms with E-state index < -0.39 is 6.09 Å². The molecule has 0 spiro atoms. The maximum absolute atomic E-state index is 10.4. The van der Waals surface area contributed by atoms with Crippen LogP contribution in [0.5, 0.6) is 0 Å². The zero-order valence-corrected chi connectivity index (χ0v) is 7.15. The molecule has 1 aromatic rings. The van der Waals surface area contributed by atoms with Crippen molar-refractivity contribution in [2.75, 3.05) is 3.93 Å². The number of hydrogen-bond acceptors (Lipinski definition) is 1. The summed E-state index contributed by atoms with van der Waals surface area (Å²) in [5.74, 6) is 0. The van der Waals surface area contributed by atoms with Gasteiger partial charge in [-0.15, -0.1) is 0 Å². The summed E-state index contributed by atoms with van der Waals surface area (Å²) in [5, 5.41) is 8.51. The summed E-state index contributed by atoms with van der Waals surface area (Å²) in [4.78, 5) is 10.4. The number of amides is 1. The molecule has 1 N–H and O–H groups in total. The lowest BCUT2D eigenvalue weighted by atomic mass is 10.3. The fourth-order valence-electron chi connectivity index (χ4n) is 0.669. The van der Waals surface area contributed by atoms with Gasteiger partial charge in [0.25, 0.3) is 0 Å². The van der Waals surface area contributed by atoms with E-state index >= 15 is 0 Å². The Hall–Kier alpha value is -1.03. The van der Waals surface area contributed by atoms with Gasteiger partial charge in [0.1, 0.15) is 0 Å². The normalized spacial score (nSPS) is 9.18. The SMILES string of the molecule is O=C(O)N(Br)c1ccccc1. The van der Waals surface area contributed by atoms with Crippen LogP contribution in [0, 0.1) is 0 Å². The summed E-state index contributed by atoms with van der Waals surface area (Å²) in [6, 6.07) is 8.76. The van der Waals surface area contributed by atoms with Crippen molar-refractivity contribution in [3.05, 3.63) is 30.3 Å². The van der Waals surface area contributed by atoms with Crippen molar-refractivity contribution in [1.82, 2.24) is 0 Å². The third-order valence-electron chi connectivity index (χ3n) is 1.15. The van der Waals surface area contributed by atoms with E-state index in [9.17, 15) is 4.79 Å². The Morgan fingerprint density at radius 3 is 2.36 bits per heavy atom. The molecule has 11 heavy (non-hydrogen) atoms. The van der Waals surface area contributed by atoms with Crippen molar-refractivity contribution in [3.8, 4) is 0 Å². The molecule has 0 aliphatic carbocycles. The molecule has 0 bridgehead atoms. The highest BCUT2D eigenvalue weighted by molar-refractivity contribution is 9.10. The Morgan fingerprint density at radius 2 is 1.91 bits per heavy atom. The second-order valence-corrected chi connectivity index (χ2v) is 2.61. The fourth-order valence-corrected chi connectivity index (χ4v) is 0.906. The molecule has 0 atom stereocenters. The van der Waals surface area contributed by atoms with Gasteiger partial charge < -0.3 is 5.11 Å². The third kappa shape index (κ3) is 1.94. The summed E-state index contributed by atoms with van der Waals surface area (Å²) < 4.78 is 0.979. The summed E-state index contributed by atoms with van der Waals surface area (Å²) in [6.45, 7) is 0. The first-order valence-corrected chi connectivity index (χ1v) is 3.66. The van der Waals surface area contributed by atoms with E-state index in [1.54, 1.807) is 24.3 Å². The molecule has 1 amide bonds. The van der Waals surface area contributed by atoms with E-state index in [1.165, 1.54) is 0 Å². The van der Waals surface area contributed by atoms with E-state index in [0.29, 0.717) is 5.69 Å². The van der Waals surface area contributed by atoms with Crippen molar-refractivity contribution >= 4 is 27.9 Å². The molecule has 58 valence electrons. The third-order valence-corrected chi connectivity index (χ3v) is 1.86. The predicted molar refractivity (Wildman–Crippen MR) is 45.9 cm³/mol. The van der Waals surface area contributed by atoms with Gasteiger partial charge in [-0.2, -0.15) is 0 Å². The first kappa shape index (κ1) is 8.07. The number of nitrogens with zero attached hydrogens (tertiary/aromatic N) is 1. The molecule has 1 aromatic carbocycles. The molecular weight excluding hydrogens is 210 g/mol. The minimum Gasteiger partial charge on any atom is -0.464 e. The van der Waals surface area contributed by atoms with Gasteiger partial charge in [-0.05, 0) is 12.1 Å². The number of anilines is 1. The van der Waals surface area contributed by atoms with Crippen LogP contribution in [0.15, 0.2) is 30.3 Å². The van der Waals surface area contributed by atoms with Crippen molar-refractivity contribution in [3.63, 3.8) is 0 Å². The Balaban J connectivity index is 2.85. The minimum absolute atomic E-state index is 0.597. The molecular formula is C7H6BrNO2. The monoisotopic (exact) mass is 215 g/mol. The Bertz CT molecular complexity index is 250. The summed E-state index contributed by atoms with van der Waals surface area (Å²) in [5.41, 5.74) is 0.597. The Morgan fingerprint density at radius 1 is 1.36 bits per heavy atom. The highest BCUT2D eigenvalue weighted by atomic mass is 79.9. The highest BCUT2D eigenvalue weighted by Crippen LogP contribution is 2.16. The average Bonchev–Trinajstić information content (AvgIpc) is 2.05. The maximum Gasteiger partial charge on any atom is 0.422 e. The number of hydrogen-bond donors (Lipinski definition) is 1. The molecule has 0 heterocycles. The van der Waals surface area contributed by atoms with Crippen LogP contribution >= 0.6 is 16.1 Å². The standard InChI is InChI=1S/C7H6BrNO2/c8-9(7(10)11)6-4-2-1-3-5-6/h1-5H,(H,10,11). The van der Waals surface area contributed by atoms with Crippen LogP contribution in [0.4, 0.5) is 10.5 Å². The molecule has 4 heteroatoms. The van der Waals surface area contributed by atoms with Crippen LogP contribution in [0.25, 0.3) is 0 Å². The van der Waals surface area contributed by atoms with Gasteiger partial charge in [-0.3, -0.25) is 0 Å². The van der Waals surface area contributed by atoms with Crippen LogP contribution in [-0.2, 0) is 0 Å². The fraction of sp³-hybridized carbons (Fsp3) is 0. The maximum atomic E-state index is 10.4. The van der Waals surface area contributed by atoms with Crippen LogP contribution in [0.2, 0.25) is 0 Å². The number of para-hydroxylation sites is 1. The first-order chi connectivity index (χ1) is 5.22. The molecule has 0 fully saturated rings. The van der Waals surface area contributed by atoms with Crippen LogP contribution in [-0.4, -0.2) is 11.2 Å². The van der Waals surface area contributed by atoms with Crippen molar-refractivity contribution < 1.29 is 9.90 Å². The molecule has 0 radical (unpaired) electrons. The molecule has 3 nitrogen and oxygen atoms in total. The van der Waals surface area contributed by atoms with Crippen molar-refractivity contribution in [2.24, 2.45) is 0 Å².